The first-order valence-electron chi connectivity index (χ1n) is 5.84. The standard InChI is InChI=1S/C12H16N4S2/c17-12(15-9-11-3-1-8-18-11)14-4-2-6-16-7-5-13-10-16/h1,3,5,7-8,10H,2,4,6,9H2,(H2,14,15,17). The highest BCUT2D eigenvalue weighted by Crippen LogP contribution is 2.06. The lowest BCUT2D eigenvalue weighted by Gasteiger charge is -2.09. The van der Waals surface area contributed by atoms with Crippen LogP contribution in [-0.4, -0.2) is 21.2 Å². The van der Waals surface area contributed by atoms with E-state index in [1.165, 1.54) is 4.88 Å². The average Bonchev–Trinajstić information content (AvgIpc) is 3.04. The monoisotopic (exact) mass is 280 g/mol. The van der Waals surface area contributed by atoms with E-state index >= 15 is 0 Å². The van der Waals surface area contributed by atoms with Gasteiger partial charge in [0, 0.05) is 30.4 Å². The molecule has 0 aliphatic heterocycles. The van der Waals surface area contributed by atoms with Gasteiger partial charge >= 0.3 is 0 Å². The third kappa shape index (κ3) is 4.46. The van der Waals surface area contributed by atoms with E-state index in [4.69, 9.17) is 12.2 Å². The maximum atomic E-state index is 5.20. The second-order valence-electron chi connectivity index (χ2n) is 3.84. The van der Waals surface area contributed by atoms with E-state index in [1.54, 1.807) is 17.5 Å². The van der Waals surface area contributed by atoms with Crippen LogP contribution in [0, 0.1) is 0 Å². The summed E-state index contributed by atoms with van der Waals surface area (Å²) >= 11 is 6.94. The van der Waals surface area contributed by atoms with E-state index in [0.29, 0.717) is 5.11 Å². The normalized spacial score (nSPS) is 10.2. The van der Waals surface area contributed by atoms with Crippen molar-refractivity contribution in [2.45, 2.75) is 19.5 Å². The molecule has 0 unspecified atom stereocenters. The van der Waals surface area contributed by atoms with Gasteiger partial charge in [-0.1, -0.05) is 6.07 Å². The fraction of sp³-hybridized carbons (Fsp3) is 0.333. The maximum Gasteiger partial charge on any atom is 0.166 e. The molecule has 2 aromatic rings. The molecule has 0 saturated carbocycles. The summed E-state index contributed by atoms with van der Waals surface area (Å²) in [5, 5.41) is 9.17. The van der Waals surface area contributed by atoms with Crippen molar-refractivity contribution >= 4 is 28.7 Å². The van der Waals surface area contributed by atoms with Crippen molar-refractivity contribution in [3.05, 3.63) is 41.1 Å². The summed E-state index contributed by atoms with van der Waals surface area (Å²) in [5.74, 6) is 0. The molecular formula is C12H16N4S2. The maximum absolute atomic E-state index is 5.20. The number of aryl methyl sites for hydroxylation is 1. The predicted molar refractivity (Wildman–Crippen MR) is 78.6 cm³/mol. The molecule has 0 atom stereocenters. The summed E-state index contributed by atoms with van der Waals surface area (Å²) in [7, 11) is 0. The molecule has 96 valence electrons. The highest BCUT2D eigenvalue weighted by atomic mass is 32.1. The van der Waals surface area contributed by atoms with E-state index in [-0.39, 0.29) is 0 Å². The molecule has 0 amide bonds. The Morgan fingerprint density at radius 1 is 1.44 bits per heavy atom. The molecule has 0 saturated heterocycles. The Morgan fingerprint density at radius 3 is 3.11 bits per heavy atom. The molecule has 18 heavy (non-hydrogen) atoms. The van der Waals surface area contributed by atoms with Crippen LogP contribution in [0.25, 0.3) is 0 Å². The number of hydrogen-bond acceptors (Lipinski definition) is 3. The minimum absolute atomic E-state index is 0.717. The van der Waals surface area contributed by atoms with Crippen LogP contribution in [0.3, 0.4) is 0 Å². The number of thiocarbonyl (C=S) groups is 1. The minimum Gasteiger partial charge on any atom is -0.363 e. The quantitative estimate of drug-likeness (QED) is 0.627. The molecule has 0 spiro atoms. The number of aromatic nitrogens is 2. The van der Waals surface area contributed by atoms with E-state index < -0.39 is 0 Å². The van der Waals surface area contributed by atoms with Crippen molar-refractivity contribution in [2.24, 2.45) is 0 Å². The van der Waals surface area contributed by atoms with Crippen LogP contribution >= 0.6 is 23.6 Å². The van der Waals surface area contributed by atoms with Gasteiger partial charge in [0.15, 0.2) is 5.11 Å². The van der Waals surface area contributed by atoms with Gasteiger partial charge in [0.2, 0.25) is 0 Å². The molecule has 0 aliphatic rings. The summed E-state index contributed by atoms with van der Waals surface area (Å²) in [6.45, 7) is 2.63. The van der Waals surface area contributed by atoms with Crippen molar-refractivity contribution < 1.29 is 0 Å². The Labute approximate surface area is 116 Å². The Balaban J connectivity index is 1.55. The minimum atomic E-state index is 0.717. The highest BCUT2D eigenvalue weighted by molar-refractivity contribution is 7.80. The van der Waals surface area contributed by atoms with Gasteiger partial charge < -0.3 is 15.2 Å². The molecule has 6 heteroatoms. The molecular weight excluding hydrogens is 264 g/mol. The van der Waals surface area contributed by atoms with Crippen molar-refractivity contribution in [1.29, 1.82) is 0 Å². The van der Waals surface area contributed by atoms with E-state index in [9.17, 15) is 0 Å². The van der Waals surface area contributed by atoms with Gasteiger partial charge in [0.1, 0.15) is 0 Å². The first kappa shape index (κ1) is 13.0. The summed E-state index contributed by atoms with van der Waals surface area (Å²) < 4.78 is 2.06. The first-order valence-corrected chi connectivity index (χ1v) is 7.13. The molecule has 2 rings (SSSR count). The molecule has 0 aromatic carbocycles. The second-order valence-corrected chi connectivity index (χ2v) is 5.28. The second kappa shape index (κ2) is 7.13. The van der Waals surface area contributed by atoms with Crippen LogP contribution < -0.4 is 10.6 Å². The van der Waals surface area contributed by atoms with Crippen LogP contribution in [0.1, 0.15) is 11.3 Å². The summed E-state index contributed by atoms with van der Waals surface area (Å²) in [6.07, 6.45) is 6.61. The van der Waals surface area contributed by atoms with Crippen molar-refractivity contribution in [2.75, 3.05) is 6.54 Å². The van der Waals surface area contributed by atoms with Crippen molar-refractivity contribution in [3.8, 4) is 0 Å². The number of thiophene rings is 1. The summed E-state index contributed by atoms with van der Waals surface area (Å²) in [5.41, 5.74) is 0. The number of rotatable bonds is 6. The van der Waals surface area contributed by atoms with Gasteiger partial charge in [-0.25, -0.2) is 4.98 Å². The van der Waals surface area contributed by atoms with Gasteiger partial charge in [0.25, 0.3) is 0 Å². The molecule has 2 N–H and O–H groups in total. The van der Waals surface area contributed by atoms with E-state index in [0.717, 1.165) is 26.1 Å². The highest BCUT2D eigenvalue weighted by Gasteiger charge is 1.97. The summed E-state index contributed by atoms with van der Waals surface area (Å²) in [6, 6.07) is 4.14. The van der Waals surface area contributed by atoms with Gasteiger partial charge in [0.05, 0.1) is 12.9 Å². The third-order valence-electron chi connectivity index (χ3n) is 2.44. The van der Waals surface area contributed by atoms with E-state index in [2.05, 4.69) is 31.6 Å². The van der Waals surface area contributed by atoms with Crippen molar-refractivity contribution in [3.63, 3.8) is 0 Å². The lowest BCUT2D eigenvalue weighted by Crippen LogP contribution is -2.35. The zero-order chi connectivity index (χ0) is 12.6. The fourth-order valence-electron chi connectivity index (χ4n) is 1.53. The molecule has 0 radical (unpaired) electrons. The third-order valence-corrected chi connectivity index (χ3v) is 3.61. The zero-order valence-electron chi connectivity index (χ0n) is 10.0. The SMILES string of the molecule is S=C(NCCCn1ccnc1)NCc1cccs1. The van der Waals surface area contributed by atoms with Crippen LogP contribution in [0.4, 0.5) is 0 Å². The van der Waals surface area contributed by atoms with E-state index in [1.807, 2.05) is 18.6 Å². The van der Waals surface area contributed by atoms with Crippen LogP contribution in [0.15, 0.2) is 36.2 Å². The lowest BCUT2D eigenvalue weighted by atomic mass is 10.4. The predicted octanol–water partition coefficient (Wildman–Crippen LogP) is 2.00. The molecule has 2 heterocycles. The summed E-state index contributed by atoms with van der Waals surface area (Å²) in [4.78, 5) is 5.29. The van der Waals surface area contributed by atoms with Crippen LogP contribution in [0.5, 0.6) is 0 Å². The fourth-order valence-corrected chi connectivity index (χ4v) is 2.34. The molecule has 0 aliphatic carbocycles. The first-order chi connectivity index (χ1) is 8.84. The van der Waals surface area contributed by atoms with Crippen LogP contribution in [0.2, 0.25) is 0 Å². The van der Waals surface area contributed by atoms with Gasteiger partial charge in [-0.2, -0.15) is 0 Å². The van der Waals surface area contributed by atoms with Gasteiger partial charge in [-0.05, 0) is 30.1 Å². The number of nitrogens with one attached hydrogen (secondary N) is 2. The molecule has 2 aromatic heterocycles. The lowest BCUT2D eigenvalue weighted by molar-refractivity contribution is 0.627. The van der Waals surface area contributed by atoms with Gasteiger partial charge in [-0.3, -0.25) is 0 Å². The number of imidazole rings is 1. The van der Waals surface area contributed by atoms with Gasteiger partial charge in [-0.15, -0.1) is 11.3 Å². The average molecular weight is 280 g/mol. The molecule has 4 nitrogen and oxygen atoms in total. The largest absolute Gasteiger partial charge is 0.363 e. The Kier molecular flexibility index (Phi) is 5.16. The van der Waals surface area contributed by atoms with Crippen molar-refractivity contribution in [1.82, 2.24) is 20.2 Å². The molecule has 0 fully saturated rings. The number of nitrogens with zero attached hydrogens (tertiary/aromatic N) is 2. The van der Waals surface area contributed by atoms with Crippen LogP contribution in [-0.2, 0) is 13.1 Å². The Hall–Kier alpha value is -1.40. The topological polar surface area (TPSA) is 41.9 Å². The Morgan fingerprint density at radius 2 is 2.39 bits per heavy atom. The molecule has 0 bridgehead atoms. The smallest absolute Gasteiger partial charge is 0.166 e. The zero-order valence-corrected chi connectivity index (χ0v) is 11.6. The Bertz CT molecular complexity index is 450. The number of hydrogen-bond donors (Lipinski definition) is 2.